The second kappa shape index (κ2) is 6.20. The lowest BCUT2D eigenvalue weighted by Gasteiger charge is -2.09. The molecule has 0 spiro atoms. The third-order valence-corrected chi connectivity index (χ3v) is 3.73. The van der Waals surface area contributed by atoms with E-state index in [1.54, 1.807) is 36.4 Å². The smallest absolute Gasteiger partial charge is 0.234 e. The Kier molecular flexibility index (Phi) is 3.74. The van der Waals surface area contributed by atoms with Gasteiger partial charge in [0.05, 0.1) is 13.3 Å². The van der Waals surface area contributed by atoms with Gasteiger partial charge in [0.2, 0.25) is 5.88 Å². The Bertz CT molecular complexity index is 1030. The molecule has 25 heavy (non-hydrogen) atoms. The van der Waals surface area contributed by atoms with Gasteiger partial charge in [-0.2, -0.15) is 10.1 Å². The highest BCUT2D eigenvalue weighted by Gasteiger charge is 2.15. The van der Waals surface area contributed by atoms with Crippen LogP contribution in [0.25, 0.3) is 22.4 Å². The normalized spacial score (nSPS) is 10.8. The van der Waals surface area contributed by atoms with E-state index in [4.69, 9.17) is 9.47 Å². The molecule has 0 saturated heterocycles. The van der Waals surface area contributed by atoms with Crippen LogP contribution in [0.15, 0.2) is 55.0 Å². The Balaban J connectivity index is 1.84. The van der Waals surface area contributed by atoms with Crippen LogP contribution < -0.4 is 9.47 Å². The fourth-order valence-electron chi connectivity index (χ4n) is 2.47. The zero-order valence-electron chi connectivity index (χ0n) is 13.7. The molecule has 0 amide bonds. The molecule has 0 N–H and O–H groups in total. The van der Waals surface area contributed by atoms with E-state index < -0.39 is 0 Å². The Morgan fingerprint density at radius 3 is 2.68 bits per heavy atom. The van der Waals surface area contributed by atoms with Gasteiger partial charge >= 0.3 is 0 Å². The first-order valence-corrected chi connectivity index (χ1v) is 7.66. The summed E-state index contributed by atoms with van der Waals surface area (Å²) in [4.78, 5) is 13.3. The first-order chi connectivity index (χ1) is 12.2. The van der Waals surface area contributed by atoms with Crippen LogP contribution in [0, 0.1) is 0 Å². The van der Waals surface area contributed by atoms with Crippen molar-refractivity contribution in [3.63, 3.8) is 0 Å². The van der Waals surface area contributed by atoms with E-state index in [0.717, 1.165) is 10.9 Å². The third kappa shape index (κ3) is 2.87. The van der Waals surface area contributed by atoms with Crippen molar-refractivity contribution in [1.82, 2.24) is 24.7 Å². The molecule has 0 aliphatic rings. The standard InChI is InChI=1S/C18H15N5O2/c1-23-17-15(11-20-23)18(25-14-7-3-6-13(9-14)24-2)22-16(21-17)12-5-4-8-19-10-12/h3-11H,1-2H3. The van der Waals surface area contributed by atoms with Crippen molar-refractivity contribution in [2.24, 2.45) is 7.05 Å². The predicted octanol–water partition coefficient (Wildman–Crippen LogP) is 3.23. The van der Waals surface area contributed by atoms with Crippen molar-refractivity contribution in [3.05, 3.63) is 55.0 Å². The lowest BCUT2D eigenvalue weighted by molar-refractivity contribution is 0.408. The largest absolute Gasteiger partial charge is 0.497 e. The lowest BCUT2D eigenvalue weighted by Crippen LogP contribution is -1.98. The summed E-state index contributed by atoms with van der Waals surface area (Å²) in [5.74, 6) is 2.30. The van der Waals surface area contributed by atoms with Crippen LogP contribution >= 0.6 is 0 Å². The summed E-state index contributed by atoms with van der Waals surface area (Å²) in [7, 11) is 3.45. The number of benzene rings is 1. The average molecular weight is 333 g/mol. The number of ether oxygens (including phenoxy) is 2. The number of rotatable bonds is 4. The average Bonchev–Trinajstić information content (AvgIpc) is 3.04. The molecule has 0 aliphatic heterocycles. The van der Waals surface area contributed by atoms with Crippen LogP contribution in [-0.2, 0) is 7.05 Å². The van der Waals surface area contributed by atoms with Gasteiger partial charge in [0, 0.05) is 31.1 Å². The molecule has 0 bridgehead atoms. The fourth-order valence-corrected chi connectivity index (χ4v) is 2.47. The quantitative estimate of drug-likeness (QED) is 0.571. The molecular formula is C18H15N5O2. The summed E-state index contributed by atoms with van der Waals surface area (Å²) in [5.41, 5.74) is 1.49. The SMILES string of the molecule is COc1cccc(Oc2nc(-c3cccnc3)nc3c2cnn3C)c1. The molecule has 3 aromatic heterocycles. The van der Waals surface area contributed by atoms with Crippen LogP contribution in [0.5, 0.6) is 17.4 Å². The molecule has 3 heterocycles. The Hall–Kier alpha value is -3.48. The van der Waals surface area contributed by atoms with Gasteiger partial charge in [0.1, 0.15) is 16.9 Å². The summed E-state index contributed by atoms with van der Waals surface area (Å²) in [6.45, 7) is 0. The minimum atomic E-state index is 0.435. The molecule has 7 heteroatoms. The molecule has 4 aromatic rings. The van der Waals surface area contributed by atoms with Crippen molar-refractivity contribution in [2.75, 3.05) is 7.11 Å². The number of nitrogens with zero attached hydrogens (tertiary/aromatic N) is 5. The molecule has 0 unspecified atom stereocenters. The number of hydrogen-bond donors (Lipinski definition) is 0. The molecule has 0 aliphatic carbocycles. The summed E-state index contributed by atoms with van der Waals surface area (Å²) in [6, 6.07) is 11.1. The van der Waals surface area contributed by atoms with E-state index >= 15 is 0 Å². The summed E-state index contributed by atoms with van der Waals surface area (Å²) >= 11 is 0. The van der Waals surface area contributed by atoms with Gasteiger partial charge in [0.15, 0.2) is 11.5 Å². The van der Waals surface area contributed by atoms with Crippen molar-refractivity contribution >= 4 is 11.0 Å². The molecule has 0 saturated carbocycles. The van der Waals surface area contributed by atoms with Gasteiger partial charge in [-0.25, -0.2) is 4.98 Å². The second-order valence-electron chi connectivity index (χ2n) is 5.38. The zero-order valence-corrected chi connectivity index (χ0v) is 13.7. The van der Waals surface area contributed by atoms with E-state index in [0.29, 0.717) is 28.9 Å². The fraction of sp³-hybridized carbons (Fsp3) is 0.111. The lowest BCUT2D eigenvalue weighted by atomic mass is 10.2. The number of fused-ring (bicyclic) bond motifs is 1. The van der Waals surface area contributed by atoms with Crippen LogP contribution in [-0.4, -0.2) is 31.8 Å². The van der Waals surface area contributed by atoms with E-state index in [1.165, 1.54) is 0 Å². The van der Waals surface area contributed by atoms with Gasteiger partial charge < -0.3 is 9.47 Å². The molecule has 7 nitrogen and oxygen atoms in total. The number of pyridine rings is 1. The predicted molar refractivity (Wildman–Crippen MR) is 92.6 cm³/mol. The zero-order chi connectivity index (χ0) is 17.2. The van der Waals surface area contributed by atoms with Crippen molar-refractivity contribution < 1.29 is 9.47 Å². The van der Waals surface area contributed by atoms with Crippen molar-refractivity contribution in [2.45, 2.75) is 0 Å². The third-order valence-electron chi connectivity index (χ3n) is 3.73. The molecule has 0 radical (unpaired) electrons. The second-order valence-corrected chi connectivity index (χ2v) is 5.38. The molecule has 1 aromatic carbocycles. The van der Waals surface area contributed by atoms with Crippen LogP contribution in [0.4, 0.5) is 0 Å². The van der Waals surface area contributed by atoms with Gasteiger partial charge in [0.25, 0.3) is 0 Å². The maximum absolute atomic E-state index is 6.00. The highest BCUT2D eigenvalue weighted by molar-refractivity contribution is 5.82. The summed E-state index contributed by atoms with van der Waals surface area (Å²) < 4.78 is 12.9. The maximum Gasteiger partial charge on any atom is 0.234 e. The van der Waals surface area contributed by atoms with E-state index in [2.05, 4.69) is 20.1 Å². The minimum absolute atomic E-state index is 0.435. The van der Waals surface area contributed by atoms with Crippen LogP contribution in [0.2, 0.25) is 0 Å². The molecule has 0 fully saturated rings. The van der Waals surface area contributed by atoms with Crippen molar-refractivity contribution in [3.8, 4) is 28.8 Å². The molecular weight excluding hydrogens is 318 g/mol. The number of aromatic nitrogens is 5. The van der Waals surface area contributed by atoms with Crippen molar-refractivity contribution in [1.29, 1.82) is 0 Å². The maximum atomic E-state index is 6.00. The number of aryl methyl sites for hydroxylation is 1. The van der Waals surface area contributed by atoms with Crippen LogP contribution in [0.1, 0.15) is 0 Å². The van der Waals surface area contributed by atoms with Crippen LogP contribution in [0.3, 0.4) is 0 Å². The van der Waals surface area contributed by atoms with E-state index in [1.807, 2.05) is 37.4 Å². The number of hydrogen-bond acceptors (Lipinski definition) is 6. The van der Waals surface area contributed by atoms with Gasteiger partial charge in [-0.1, -0.05) is 6.07 Å². The Morgan fingerprint density at radius 1 is 1.00 bits per heavy atom. The monoisotopic (exact) mass is 333 g/mol. The van der Waals surface area contributed by atoms with Gasteiger partial charge in [-0.05, 0) is 24.3 Å². The first-order valence-electron chi connectivity index (χ1n) is 7.66. The first kappa shape index (κ1) is 15.1. The Morgan fingerprint density at radius 2 is 1.88 bits per heavy atom. The highest BCUT2D eigenvalue weighted by atomic mass is 16.5. The minimum Gasteiger partial charge on any atom is -0.497 e. The van der Waals surface area contributed by atoms with E-state index in [9.17, 15) is 0 Å². The molecule has 4 rings (SSSR count). The summed E-state index contributed by atoms with van der Waals surface area (Å²) in [6.07, 6.45) is 5.12. The van der Waals surface area contributed by atoms with Gasteiger partial charge in [-0.15, -0.1) is 0 Å². The van der Waals surface area contributed by atoms with Gasteiger partial charge in [-0.3, -0.25) is 9.67 Å². The summed E-state index contributed by atoms with van der Waals surface area (Å²) in [5, 5.41) is 4.99. The number of methoxy groups -OCH3 is 1. The highest BCUT2D eigenvalue weighted by Crippen LogP contribution is 2.30. The molecule has 124 valence electrons. The van der Waals surface area contributed by atoms with E-state index in [-0.39, 0.29) is 0 Å². The Labute approximate surface area is 143 Å². The topological polar surface area (TPSA) is 75.0 Å². The molecule has 0 atom stereocenters.